The van der Waals surface area contributed by atoms with E-state index in [2.05, 4.69) is 10.2 Å². The molecule has 2 rings (SSSR count). The summed E-state index contributed by atoms with van der Waals surface area (Å²) in [6.45, 7) is 1.82. The number of carbonyl (C=O) groups excluding carboxylic acids is 1. The third-order valence-electron chi connectivity index (χ3n) is 4.15. The van der Waals surface area contributed by atoms with Crippen molar-refractivity contribution in [3.63, 3.8) is 0 Å². The zero-order valence-corrected chi connectivity index (χ0v) is 11.6. The summed E-state index contributed by atoms with van der Waals surface area (Å²) in [5.74, 6) is 1.17. The first-order chi connectivity index (χ1) is 7.83. The van der Waals surface area contributed by atoms with E-state index in [1.807, 2.05) is 7.05 Å². The van der Waals surface area contributed by atoms with Gasteiger partial charge in [-0.2, -0.15) is 0 Å². The second kappa shape index (κ2) is 7.22. The summed E-state index contributed by atoms with van der Waals surface area (Å²) in [5, 5.41) is 3.06. The molecular weight excluding hydrogens is 236 g/mol. The number of nitrogens with one attached hydrogen (secondary N) is 1. The fourth-order valence-corrected chi connectivity index (χ4v) is 3.31. The van der Waals surface area contributed by atoms with Crippen molar-refractivity contribution in [2.45, 2.75) is 51.0 Å². The Labute approximate surface area is 111 Å². The molecule has 0 radical (unpaired) electrons. The maximum absolute atomic E-state index is 12.1. The van der Waals surface area contributed by atoms with Crippen molar-refractivity contribution in [2.75, 3.05) is 20.1 Å². The Bertz CT molecular complexity index is 246. The summed E-state index contributed by atoms with van der Waals surface area (Å²) in [6.07, 6.45) is 8.51. The van der Waals surface area contributed by atoms with E-state index in [4.69, 9.17) is 0 Å². The van der Waals surface area contributed by atoms with E-state index < -0.39 is 0 Å². The van der Waals surface area contributed by atoms with Crippen LogP contribution in [0.15, 0.2) is 0 Å². The van der Waals surface area contributed by atoms with Crippen LogP contribution in [0.5, 0.6) is 0 Å². The molecule has 100 valence electrons. The average Bonchev–Trinajstić information content (AvgIpc) is 2.35. The lowest BCUT2D eigenvalue weighted by atomic mass is 9.78. The standard InChI is InChI=1S/C13H24N2O.ClH/c1-14-9-8-13(16)15-10-4-6-11-5-2-3-7-12(11)15;/h11-12,14H,2-10H2,1H3;1H. The fraction of sp³-hybridized carbons (Fsp3) is 0.923. The molecule has 0 bridgehead atoms. The van der Waals surface area contributed by atoms with Crippen molar-refractivity contribution in [3.8, 4) is 0 Å². The molecule has 2 fully saturated rings. The highest BCUT2D eigenvalue weighted by molar-refractivity contribution is 5.85. The Morgan fingerprint density at radius 1 is 1.24 bits per heavy atom. The maximum atomic E-state index is 12.1. The van der Waals surface area contributed by atoms with Gasteiger partial charge in [0.15, 0.2) is 0 Å². The van der Waals surface area contributed by atoms with E-state index in [-0.39, 0.29) is 12.4 Å². The fourth-order valence-electron chi connectivity index (χ4n) is 3.31. The van der Waals surface area contributed by atoms with Crippen LogP contribution >= 0.6 is 12.4 Å². The number of likely N-dealkylation sites (tertiary alicyclic amines) is 1. The molecule has 0 aromatic heterocycles. The summed E-state index contributed by atoms with van der Waals surface area (Å²) in [6, 6.07) is 0.576. The monoisotopic (exact) mass is 260 g/mol. The zero-order valence-electron chi connectivity index (χ0n) is 10.8. The summed E-state index contributed by atoms with van der Waals surface area (Å²) < 4.78 is 0. The second-order valence-corrected chi connectivity index (χ2v) is 5.19. The van der Waals surface area contributed by atoms with Crippen LogP contribution < -0.4 is 5.32 Å². The molecule has 1 saturated carbocycles. The van der Waals surface area contributed by atoms with Gasteiger partial charge in [-0.15, -0.1) is 12.4 Å². The van der Waals surface area contributed by atoms with Gasteiger partial charge in [0.2, 0.25) is 5.91 Å². The summed E-state index contributed by atoms with van der Waals surface area (Å²) in [5.41, 5.74) is 0. The number of carbonyl (C=O) groups is 1. The van der Waals surface area contributed by atoms with Gasteiger partial charge in [0.1, 0.15) is 0 Å². The minimum atomic E-state index is 0. The van der Waals surface area contributed by atoms with Gasteiger partial charge in [-0.3, -0.25) is 4.79 Å². The van der Waals surface area contributed by atoms with Crippen molar-refractivity contribution in [2.24, 2.45) is 5.92 Å². The Balaban J connectivity index is 0.00000144. The predicted molar refractivity (Wildman–Crippen MR) is 72.5 cm³/mol. The quantitative estimate of drug-likeness (QED) is 0.844. The van der Waals surface area contributed by atoms with Crippen molar-refractivity contribution in [3.05, 3.63) is 0 Å². The Morgan fingerprint density at radius 2 is 1.94 bits per heavy atom. The molecule has 2 unspecified atom stereocenters. The lowest BCUT2D eigenvalue weighted by Gasteiger charge is -2.44. The Morgan fingerprint density at radius 3 is 2.71 bits per heavy atom. The molecule has 0 aromatic carbocycles. The topological polar surface area (TPSA) is 32.3 Å². The van der Waals surface area contributed by atoms with Crippen molar-refractivity contribution >= 4 is 18.3 Å². The lowest BCUT2D eigenvalue weighted by molar-refractivity contribution is -0.137. The van der Waals surface area contributed by atoms with E-state index >= 15 is 0 Å². The van der Waals surface area contributed by atoms with Gasteiger partial charge < -0.3 is 10.2 Å². The average molecular weight is 261 g/mol. The van der Waals surface area contributed by atoms with Gasteiger partial charge in [0, 0.05) is 25.6 Å². The van der Waals surface area contributed by atoms with Crippen molar-refractivity contribution in [1.82, 2.24) is 10.2 Å². The number of nitrogens with zero attached hydrogens (tertiary/aromatic N) is 1. The van der Waals surface area contributed by atoms with E-state index in [0.717, 1.165) is 19.0 Å². The molecule has 4 heteroatoms. The molecule has 17 heavy (non-hydrogen) atoms. The van der Waals surface area contributed by atoms with Crippen LogP contribution in [0.1, 0.15) is 44.9 Å². The van der Waals surface area contributed by atoms with Gasteiger partial charge in [0.05, 0.1) is 0 Å². The molecular formula is C13H25ClN2O. The van der Waals surface area contributed by atoms with Crippen molar-refractivity contribution < 1.29 is 4.79 Å². The van der Waals surface area contributed by atoms with Gasteiger partial charge in [-0.25, -0.2) is 0 Å². The molecule has 0 spiro atoms. The smallest absolute Gasteiger partial charge is 0.224 e. The van der Waals surface area contributed by atoms with Gasteiger partial charge in [-0.05, 0) is 38.6 Å². The van der Waals surface area contributed by atoms with Crippen LogP contribution in [0.4, 0.5) is 0 Å². The van der Waals surface area contributed by atoms with Crippen LogP contribution in [0, 0.1) is 5.92 Å². The summed E-state index contributed by atoms with van der Waals surface area (Å²) in [7, 11) is 1.91. The maximum Gasteiger partial charge on any atom is 0.224 e. The highest BCUT2D eigenvalue weighted by atomic mass is 35.5. The molecule has 2 atom stereocenters. The SMILES string of the molecule is CNCCC(=O)N1CCCC2CCCCC21.Cl. The minimum Gasteiger partial charge on any atom is -0.339 e. The van der Waals surface area contributed by atoms with Crippen LogP contribution in [0.25, 0.3) is 0 Å². The molecule has 3 nitrogen and oxygen atoms in total. The number of rotatable bonds is 3. The largest absolute Gasteiger partial charge is 0.339 e. The summed E-state index contributed by atoms with van der Waals surface area (Å²) in [4.78, 5) is 14.3. The molecule has 1 aliphatic carbocycles. The van der Waals surface area contributed by atoms with Crippen LogP contribution in [-0.2, 0) is 4.79 Å². The zero-order chi connectivity index (χ0) is 11.4. The van der Waals surface area contributed by atoms with E-state index in [0.29, 0.717) is 18.4 Å². The highest BCUT2D eigenvalue weighted by Crippen LogP contribution is 2.35. The van der Waals surface area contributed by atoms with E-state index in [1.165, 1.54) is 38.5 Å². The van der Waals surface area contributed by atoms with Crippen LogP contribution in [0.3, 0.4) is 0 Å². The van der Waals surface area contributed by atoms with Crippen LogP contribution in [-0.4, -0.2) is 37.0 Å². The van der Waals surface area contributed by atoms with Gasteiger partial charge in [-0.1, -0.05) is 12.8 Å². The first kappa shape index (κ1) is 14.8. The lowest BCUT2D eigenvalue weighted by Crippen LogP contribution is -2.50. The molecule has 1 heterocycles. The highest BCUT2D eigenvalue weighted by Gasteiger charge is 2.35. The van der Waals surface area contributed by atoms with Crippen LogP contribution in [0.2, 0.25) is 0 Å². The number of fused-ring (bicyclic) bond motifs is 1. The third-order valence-corrected chi connectivity index (χ3v) is 4.15. The van der Waals surface area contributed by atoms with Gasteiger partial charge in [0.25, 0.3) is 0 Å². The Hall–Kier alpha value is -0.280. The predicted octanol–water partition coefficient (Wildman–Crippen LogP) is 2.20. The van der Waals surface area contributed by atoms with E-state index in [1.54, 1.807) is 0 Å². The number of hydrogen-bond acceptors (Lipinski definition) is 2. The normalized spacial score (nSPS) is 28.2. The number of amides is 1. The Kier molecular flexibility index (Phi) is 6.28. The number of halogens is 1. The van der Waals surface area contributed by atoms with Crippen molar-refractivity contribution in [1.29, 1.82) is 0 Å². The first-order valence-electron chi connectivity index (χ1n) is 6.77. The molecule has 1 N–H and O–H groups in total. The molecule has 0 aromatic rings. The third kappa shape index (κ3) is 3.59. The second-order valence-electron chi connectivity index (χ2n) is 5.19. The van der Waals surface area contributed by atoms with Gasteiger partial charge >= 0.3 is 0 Å². The van der Waals surface area contributed by atoms with E-state index in [9.17, 15) is 4.79 Å². The number of piperidine rings is 1. The first-order valence-corrected chi connectivity index (χ1v) is 6.77. The molecule has 1 aliphatic heterocycles. The molecule has 1 amide bonds. The minimum absolute atomic E-state index is 0. The molecule has 2 aliphatic rings. The molecule has 1 saturated heterocycles. The number of hydrogen-bond donors (Lipinski definition) is 1. The summed E-state index contributed by atoms with van der Waals surface area (Å²) >= 11 is 0.